The molecule has 0 unspecified atom stereocenters. The third-order valence-corrected chi connectivity index (χ3v) is 2.61. The fraction of sp³-hybridized carbons (Fsp3) is 0.0909. The van der Waals surface area contributed by atoms with Crippen LogP contribution in [0.1, 0.15) is 5.56 Å². The Morgan fingerprint density at radius 3 is 2.24 bits per heavy atom. The maximum Gasteiger partial charge on any atom is 0.353 e. The molecule has 6 heteroatoms. The summed E-state index contributed by atoms with van der Waals surface area (Å²) in [6, 6.07) is 7.68. The summed E-state index contributed by atoms with van der Waals surface area (Å²) in [6.45, 7) is 1.80. The molecular formula is C11H8N2O4. The molecule has 0 radical (unpaired) electrons. The smallest absolute Gasteiger partial charge is 0.258 e. The summed E-state index contributed by atoms with van der Waals surface area (Å²) in [5.41, 5.74) is -0.0789. The van der Waals surface area contributed by atoms with Crippen molar-refractivity contribution in [2.24, 2.45) is 0 Å². The van der Waals surface area contributed by atoms with E-state index < -0.39 is 21.2 Å². The Morgan fingerprint density at radius 2 is 1.65 bits per heavy atom. The highest BCUT2D eigenvalue weighted by Crippen LogP contribution is 2.35. The van der Waals surface area contributed by atoms with Gasteiger partial charge in [0.15, 0.2) is 0 Å². The normalized spacial score (nSPS) is 10.4. The Labute approximate surface area is 95.8 Å². The molecule has 0 aromatic heterocycles. The minimum absolute atomic E-state index is 0.296. The summed E-state index contributed by atoms with van der Waals surface area (Å²) < 4.78 is 0. The van der Waals surface area contributed by atoms with Crippen LogP contribution in [0.15, 0.2) is 30.3 Å². The molecule has 0 saturated heterocycles. The van der Waals surface area contributed by atoms with Crippen molar-refractivity contribution in [3.8, 4) is 0 Å². The van der Waals surface area contributed by atoms with Crippen LogP contribution in [0.2, 0.25) is 0 Å². The van der Waals surface area contributed by atoms with Crippen LogP contribution in [0.4, 0.5) is 11.4 Å². The van der Waals surface area contributed by atoms with E-state index in [4.69, 9.17) is 0 Å². The molecule has 2 rings (SSSR count). The topological polar surface area (TPSA) is 86.3 Å². The highest BCUT2D eigenvalue weighted by Gasteiger charge is 2.27. The zero-order valence-electron chi connectivity index (χ0n) is 8.91. The van der Waals surface area contributed by atoms with Gasteiger partial charge in [0.2, 0.25) is 0 Å². The largest absolute Gasteiger partial charge is 0.353 e. The summed E-state index contributed by atoms with van der Waals surface area (Å²) in [5, 5.41) is 22.7. The van der Waals surface area contributed by atoms with Crippen molar-refractivity contribution in [2.45, 2.75) is 6.92 Å². The van der Waals surface area contributed by atoms with Crippen LogP contribution < -0.4 is 0 Å². The van der Waals surface area contributed by atoms with Gasteiger partial charge in [-0.05, 0) is 30.0 Å². The molecule has 0 N–H and O–H groups in total. The van der Waals surface area contributed by atoms with Crippen molar-refractivity contribution in [1.82, 2.24) is 0 Å². The van der Waals surface area contributed by atoms with E-state index in [-0.39, 0.29) is 0 Å². The summed E-state index contributed by atoms with van der Waals surface area (Å²) in [4.78, 5) is 20.3. The van der Waals surface area contributed by atoms with E-state index in [0.29, 0.717) is 10.8 Å². The average molecular weight is 232 g/mol. The van der Waals surface area contributed by atoms with Crippen LogP contribution in [0.25, 0.3) is 10.8 Å². The van der Waals surface area contributed by atoms with Gasteiger partial charge in [0, 0.05) is 6.07 Å². The summed E-state index contributed by atoms with van der Waals surface area (Å²) in [5.74, 6) is 0. The Bertz CT molecular complexity index is 637. The third-order valence-electron chi connectivity index (χ3n) is 2.61. The molecule has 2 aromatic carbocycles. The number of hydrogen-bond donors (Lipinski definition) is 0. The Balaban J connectivity index is 2.94. The van der Waals surface area contributed by atoms with Gasteiger partial charge in [0.05, 0.1) is 15.2 Å². The standard InChI is InChI=1S/C11H8N2O4/c1-7-3-2-4-9-8(7)5-6-10(12(14)15)11(9)13(16)17/h2-6H,1H3. The molecule has 0 amide bonds. The molecule has 0 heterocycles. The number of fused-ring (bicyclic) bond motifs is 1. The predicted octanol–water partition coefficient (Wildman–Crippen LogP) is 2.96. The van der Waals surface area contributed by atoms with Crippen molar-refractivity contribution in [2.75, 3.05) is 0 Å². The van der Waals surface area contributed by atoms with Gasteiger partial charge in [-0.2, -0.15) is 0 Å². The second-order valence-electron chi connectivity index (χ2n) is 3.62. The van der Waals surface area contributed by atoms with Crippen molar-refractivity contribution in [3.05, 3.63) is 56.1 Å². The van der Waals surface area contributed by atoms with E-state index in [1.54, 1.807) is 19.1 Å². The van der Waals surface area contributed by atoms with Crippen molar-refractivity contribution in [3.63, 3.8) is 0 Å². The molecule has 6 nitrogen and oxygen atoms in total. The van der Waals surface area contributed by atoms with E-state index in [2.05, 4.69) is 0 Å². The monoisotopic (exact) mass is 232 g/mol. The molecule has 0 aliphatic carbocycles. The van der Waals surface area contributed by atoms with Crippen LogP contribution in [0.5, 0.6) is 0 Å². The lowest BCUT2D eigenvalue weighted by atomic mass is 10.0. The van der Waals surface area contributed by atoms with Crippen molar-refractivity contribution in [1.29, 1.82) is 0 Å². The molecule has 0 fully saturated rings. The highest BCUT2D eigenvalue weighted by atomic mass is 16.6. The molecule has 0 aliphatic rings. The van der Waals surface area contributed by atoms with Gasteiger partial charge in [-0.25, -0.2) is 0 Å². The quantitative estimate of drug-likeness (QED) is 0.588. The van der Waals surface area contributed by atoms with Gasteiger partial charge in [-0.1, -0.05) is 12.1 Å². The minimum atomic E-state index is -0.736. The number of hydrogen-bond acceptors (Lipinski definition) is 4. The molecule has 2 aromatic rings. The molecule has 86 valence electrons. The number of nitro benzene ring substituents is 2. The predicted molar refractivity (Wildman–Crippen MR) is 62.0 cm³/mol. The van der Waals surface area contributed by atoms with Gasteiger partial charge in [0.1, 0.15) is 0 Å². The fourth-order valence-corrected chi connectivity index (χ4v) is 1.83. The lowest BCUT2D eigenvalue weighted by molar-refractivity contribution is -0.421. The summed E-state index contributed by atoms with van der Waals surface area (Å²) in [6.07, 6.45) is 0. The zero-order chi connectivity index (χ0) is 12.6. The average Bonchev–Trinajstić information content (AvgIpc) is 2.27. The first-order valence-corrected chi connectivity index (χ1v) is 4.83. The van der Waals surface area contributed by atoms with E-state index in [1.807, 2.05) is 0 Å². The molecule has 17 heavy (non-hydrogen) atoms. The minimum Gasteiger partial charge on any atom is -0.258 e. The van der Waals surface area contributed by atoms with Crippen molar-refractivity contribution < 1.29 is 9.85 Å². The van der Waals surface area contributed by atoms with Crippen LogP contribution in [0.3, 0.4) is 0 Å². The van der Waals surface area contributed by atoms with E-state index in [1.165, 1.54) is 18.2 Å². The maximum absolute atomic E-state index is 11.0. The first-order chi connectivity index (χ1) is 8.02. The van der Waals surface area contributed by atoms with Crippen LogP contribution in [-0.2, 0) is 0 Å². The molecule has 0 aliphatic heterocycles. The number of rotatable bonds is 2. The zero-order valence-corrected chi connectivity index (χ0v) is 8.91. The van der Waals surface area contributed by atoms with Crippen molar-refractivity contribution >= 4 is 22.1 Å². The number of benzene rings is 2. The molecule has 0 saturated carbocycles. The fourth-order valence-electron chi connectivity index (χ4n) is 1.83. The van der Waals surface area contributed by atoms with Crippen LogP contribution in [-0.4, -0.2) is 9.85 Å². The second kappa shape index (κ2) is 3.82. The summed E-state index contributed by atoms with van der Waals surface area (Å²) >= 11 is 0. The Morgan fingerprint density at radius 1 is 0.941 bits per heavy atom. The lowest BCUT2D eigenvalue weighted by Gasteiger charge is -2.02. The van der Waals surface area contributed by atoms with Gasteiger partial charge in [0.25, 0.3) is 0 Å². The maximum atomic E-state index is 11.0. The van der Waals surface area contributed by atoms with E-state index in [0.717, 1.165) is 5.56 Å². The van der Waals surface area contributed by atoms with Gasteiger partial charge in [-0.3, -0.25) is 20.2 Å². The first kappa shape index (κ1) is 11.0. The molecule has 0 spiro atoms. The third kappa shape index (κ3) is 1.69. The lowest BCUT2D eigenvalue weighted by Crippen LogP contribution is -1.97. The van der Waals surface area contributed by atoms with E-state index in [9.17, 15) is 20.2 Å². The Kier molecular flexibility index (Phi) is 2.47. The molecule has 0 atom stereocenters. The molecule has 0 bridgehead atoms. The summed E-state index contributed by atoms with van der Waals surface area (Å²) in [7, 11) is 0. The first-order valence-electron chi connectivity index (χ1n) is 4.83. The van der Waals surface area contributed by atoms with Crippen LogP contribution in [0, 0.1) is 27.2 Å². The van der Waals surface area contributed by atoms with E-state index >= 15 is 0 Å². The van der Waals surface area contributed by atoms with Gasteiger partial charge >= 0.3 is 11.4 Å². The SMILES string of the molecule is Cc1cccc2c([N+](=O)[O-])c([N+](=O)[O-])ccc12. The molecular weight excluding hydrogens is 224 g/mol. The number of aryl methyl sites for hydroxylation is 1. The number of nitrogens with zero attached hydrogens (tertiary/aromatic N) is 2. The Hall–Kier alpha value is -2.50. The highest BCUT2D eigenvalue weighted by molar-refractivity contribution is 5.96. The van der Waals surface area contributed by atoms with Gasteiger partial charge in [-0.15, -0.1) is 0 Å². The van der Waals surface area contributed by atoms with Gasteiger partial charge < -0.3 is 0 Å². The number of nitro groups is 2. The second-order valence-corrected chi connectivity index (χ2v) is 3.62. The van der Waals surface area contributed by atoms with Crippen LogP contribution >= 0.6 is 0 Å².